The zero-order valence-electron chi connectivity index (χ0n) is 16.7. The Morgan fingerprint density at radius 2 is 1.76 bits per heavy atom. The molecule has 25 heavy (non-hydrogen) atoms. The van der Waals surface area contributed by atoms with Crippen LogP contribution in [-0.4, -0.2) is 48.1 Å². The molecule has 2 heteroatoms. The van der Waals surface area contributed by atoms with Gasteiger partial charge in [-0.05, 0) is 50.8 Å². The van der Waals surface area contributed by atoms with Crippen LogP contribution in [0.1, 0.15) is 51.7 Å². The number of fused-ring (bicyclic) bond motifs is 2. The van der Waals surface area contributed by atoms with Crippen LogP contribution in [0.2, 0.25) is 0 Å². The highest BCUT2D eigenvalue weighted by Gasteiger charge is 2.42. The molecule has 3 rings (SSSR count). The zero-order valence-corrected chi connectivity index (χ0v) is 16.7. The highest BCUT2D eigenvalue weighted by molar-refractivity contribution is 5.61. The molecule has 2 fully saturated rings. The smallest absolute Gasteiger partial charge is 0.0242 e. The summed E-state index contributed by atoms with van der Waals surface area (Å²) in [5.74, 6) is 0. The van der Waals surface area contributed by atoms with Gasteiger partial charge in [-0.3, -0.25) is 9.80 Å². The van der Waals surface area contributed by atoms with E-state index in [0.29, 0.717) is 0 Å². The third kappa shape index (κ3) is 5.29. The van der Waals surface area contributed by atoms with Crippen molar-refractivity contribution in [2.24, 2.45) is 0 Å². The first-order valence-electron chi connectivity index (χ1n) is 9.90. The Morgan fingerprint density at radius 1 is 1.08 bits per heavy atom. The summed E-state index contributed by atoms with van der Waals surface area (Å²) < 4.78 is 0. The van der Waals surface area contributed by atoms with Crippen LogP contribution in [0.4, 0.5) is 0 Å². The fourth-order valence-electron chi connectivity index (χ4n) is 4.12. The number of piperazine rings is 1. The van der Waals surface area contributed by atoms with Gasteiger partial charge in [0.05, 0.1) is 0 Å². The fraction of sp³-hybridized carbons (Fsp3) is 0.565. The number of hydrogen-bond acceptors (Lipinski definition) is 2. The van der Waals surface area contributed by atoms with E-state index >= 15 is 0 Å². The molecule has 1 aromatic rings. The average Bonchev–Trinajstić information content (AvgIpc) is 3.16. The normalized spacial score (nSPS) is 22.6. The van der Waals surface area contributed by atoms with Crippen molar-refractivity contribution in [1.82, 2.24) is 9.80 Å². The first kappa shape index (κ1) is 19.9. The molecular formula is C23H36N2. The molecule has 0 radical (unpaired) electrons. The van der Waals surface area contributed by atoms with Gasteiger partial charge in [-0.25, -0.2) is 0 Å². The maximum atomic E-state index is 4.06. The van der Waals surface area contributed by atoms with Gasteiger partial charge in [-0.1, -0.05) is 62.4 Å². The van der Waals surface area contributed by atoms with Crippen LogP contribution >= 0.6 is 0 Å². The van der Waals surface area contributed by atoms with Crippen LogP contribution in [0.5, 0.6) is 0 Å². The number of allylic oxidation sites excluding steroid dienone is 1. The Kier molecular flexibility index (Phi) is 7.46. The fourth-order valence-corrected chi connectivity index (χ4v) is 4.12. The molecule has 2 bridgehead atoms. The van der Waals surface area contributed by atoms with Crippen molar-refractivity contribution in [2.45, 2.75) is 59.0 Å². The van der Waals surface area contributed by atoms with Crippen molar-refractivity contribution in [3.05, 3.63) is 54.1 Å². The van der Waals surface area contributed by atoms with Crippen molar-refractivity contribution in [2.75, 3.05) is 26.2 Å². The SMILES string of the molecule is C=C(C)CN1CC2CC1CN2CCCc1cccc(C(=C)C)c1.CC. The van der Waals surface area contributed by atoms with Crippen molar-refractivity contribution >= 4 is 5.57 Å². The molecular weight excluding hydrogens is 304 g/mol. The molecule has 0 amide bonds. The van der Waals surface area contributed by atoms with E-state index in [1.165, 1.54) is 55.6 Å². The standard InChI is InChI=1S/C21H30N2.C2H6/c1-16(2)13-23-15-20-12-21(23)14-22(20)10-6-8-18-7-5-9-19(11-18)17(3)4;1-2/h5,7,9,11,20-21H,1,3,6,8,10,12-15H2,2,4H3;1-2H3. The highest BCUT2D eigenvalue weighted by atomic mass is 15.3. The molecule has 2 nitrogen and oxygen atoms in total. The van der Waals surface area contributed by atoms with Gasteiger partial charge in [0.1, 0.15) is 0 Å². The summed E-state index contributed by atoms with van der Waals surface area (Å²) in [6.45, 7) is 21.1. The minimum atomic E-state index is 0.767. The number of likely N-dealkylation sites (tertiary alicyclic amines) is 2. The van der Waals surface area contributed by atoms with Crippen LogP contribution in [0, 0.1) is 0 Å². The molecule has 2 heterocycles. The maximum absolute atomic E-state index is 4.06. The van der Waals surface area contributed by atoms with Gasteiger partial charge in [0.15, 0.2) is 0 Å². The second-order valence-corrected chi connectivity index (χ2v) is 7.51. The van der Waals surface area contributed by atoms with Crippen LogP contribution < -0.4 is 0 Å². The van der Waals surface area contributed by atoms with Crippen molar-refractivity contribution in [3.8, 4) is 0 Å². The Morgan fingerprint density at radius 3 is 2.36 bits per heavy atom. The third-order valence-corrected chi connectivity index (χ3v) is 5.27. The number of benzene rings is 1. The predicted molar refractivity (Wildman–Crippen MR) is 111 cm³/mol. The molecule has 2 atom stereocenters. The van der Waals surface area contributed by atoms with Crippen molar-refractivity contribution in [3.63, 3.8) is 0 Å². The Labute approximate surface area is 155 Å². The quantitative estimate of drug-likeness (QED) is 0.644. The maximum Gasteiger partial charge on any atom is 0.0242 e. The van der Waals surface area contributed by atoms with Crippen LogP contribution in [0.25, 0.3) is 5.57 Å². The number of rotatable bonds is 7. The molecule has 2 aliphatic heterocycles. The predicted octanol–water partition coefficient (Wildman–Crippen LogP) is 5.01. The minimum absolute atomic E-state index is 0.767. The second-order valence-electron chi connectivity index (χ2n) is 7.51. The number of hydrogen-bond donors (Lipinski definition) is 0. The van der Waals surface area contributed by atoms with E-state index in [4.69, 9.17) is 0 Å². The molecule has 0 N–H and O–H groups in total. The summed E-state index contributed by atoms with van der Waals surface area (Å²) in [4.78, 5) is 5.34. The van der Waals surface area contributed by atoms with E-state index < -0.39 is 0 Å². The summed E-state index contributed by atoms with van der Waals surface area (Å²) >= 11 is 0. The molecule has 0 spiro atoms. The van der Waals surface area contributed by atoms with Crippen molar-refractivity contribution in [1.29, 1.82) is 0 Å². The van der Waals surface area contributed by atoms with Crippen LogP contribution in [0.3, 0.4) is 0 Å². The van der Waals surface area contributed by atoms with E-state index in [1.54, 1.807) is 0 Å². The van der Waals surface area contributed by atoms with Gasteiger partial charge in [-0.2, -0.15) is 0 Å². The largest absolute Gasteiger partial charge is 0.297 e. The molecule has 0 aliphatic carbocycles. The minimum Gasteiger partial charge on any atom is -0.297 e. The van der Waals surface area contributed by atoms with E-state index in [0.717, 1.165) is 24.2 Å². The van der Waals surface area contributed by atoms with E-state index in [9.17, 15) is 0 Å². The van der Waals surface area contributed by atoms with Crippen LogP contribution in [-0.2, 0) is 6.42 Å². The zero-order chi connectivity index (χ0) is 18.4. The van der Waals surface area contributed by atoms with Gasteiger partial charge < -0.3 is 0 Å². The van der Waals surface area contributed by atoms with E-state index in [2.05, 4.69) is 61.1 Å². The molecule has 138 valence electrons. The number of nitrogens with zero attached hydrogens (tertiary/aromatic N) is 2. The van der Waals surface area contributed by atoms with Crippen LogP contribution in [0.15, 0.2) is 43.0 Å². The molecule has 2 saturated heterocycles. The lowest BCUT2D eigenvalue weighted by Gasteiger charge is -2.34. The second kappa shape index (κ2) is 9.35. The summed E-state index contributed by atoms with van der Waals surface area (Å²) in [6, 6.07) is 10.4. The molecule has 0 aromatic heterocycles. The third-order valence-electron chi connectivity index (χ3n) is 5.27. The van der Waals surface area contributed by atoms with Gasteiger partial charge in [0.25, 0.3) is 0 Å². The average molecular weight is 341 g/mol. The Hall–Kier alpha value is -1.38. The highest BCUT2D eigenvalue weighted by Crippen LogP contribution is 2.31. The summed E-state index contributed by atoms with van der Waals surface area (Å²) in [5.41, 5.74) is 5.17. The van der Waals surface area contributed by atoms with Gasteiger partial charge in [0, 0.05) is 31.7 Å². The molecule has 2 unspecified atom stereocenters. The molecule has 0 saturated carbocycles. The first-order chi connectivity index (χ1) is 12.0. The first-order valence-corrected chi connectivity index (χ1v) is 9.90. The van der Waals surface area contributed by atoms with E-state index in [-0.39, 0.29) is 0 Å². The molecule has 2 aliphatic rings. The van der Waals surface area contributed by atoms with Gasteiger partial charge in [0.2, 0.25) is 0 Å². The van der Waals surface area contributed by atoms with E-state index in [1.807, 2.05) is 13.8 Å². The lowest BCUT2D eigenvalue weighted by atomic mass is 10.0. The van der Waals surface area contributed by atoms with Gasteiger partial charge in [-0.15, -0.1) is 0 Å². The topological polar surface area (TPSA) is 6.48 Å². The summed E-state index contributed by atoms with van der Waals surface area (Å²) in [6.07, 6.45) is 3.78. The summed E-state index contributed by atoms with van der Waals surface area (Å²) in [5, 5.41) is 0. The number of aryl methyl sites for hydroxylation is 1. The lowest BCUT2D eigenvalue weighted by molar-refractivity contribution is 0.135. The molecule has 1 aromatic carbocycles. The summed E-state index contributed by atoms with van der Waals surface area (Å²) in [7, 11) is 0. The Bertz CT molecular complexity index is 590. The Balaban J connectivity index is 0.00000109. The lowest BCUT2D eigenvalue weighted by Crippen LogP contribution is -2.46. The monoisotopic (exact) mass is 340 g/mol. The van der Waals surface area contributed by atoms with Crippen molar-refractivity contribution < 1.29 is 0 Å². The van der Waals surface area contributed by atoms with Gasteiger partial charge >= 0.3 is 0 Å².